The molecule has 0 aromatic heterocycles. The minimum absolute atomic E-state index is 0. The topological polar surface area (TPSA) is 74.2 Å². The van der Waals surface area contributed by atoms with Gasteiger partial charge in [0.2, 0.25) is 0 Å². The lowest BCUT2D eigenvalue weighted by Crippen LogP contribution is -2.53. The number of nitrogens with one attached hydrogen (secondary N) is 1. The van der Waals surface area contributed by atoms with Crippen LogP contribution in [0.15, 0.2) is 23.2 Å². The molecule has 0 spiro atoms. The van der Waals surface area contributed by atoms with Gasteiger partial charge in [0, 0.05) is 63.7 Å². The normalized spacial score (nSPS) is 16.7. The molecule has 1 aliphatic heterocycles. The summed E-state index contributed by atoms with van der Waals surface area (Å²) < 4.78 is 55.0. The van der Waals surface area contributed by atoms with Crippen LogP contribution in [0.4, 0.5) is 8.78 Å². The molecule has 11 heteroatoms. The molecule has 1 aliphatic rings. The van der Waals surface area contributed by atoms with Crippen molar-refractivity contribution in [3.63, 3.8) is 0 Å². The Labute approximate surface area is 201 Å². The first kappa shape index (κ1) is 28.0. The fourth-order valence-corrected chi connectivity index (χ4v) is 3.99. The molecule has 1 aromatic carbocycles. The lowest BCUT2D eigenvalue weighted by Gasteiger charge is -2.40. The third-order valence-electron chi connectivity index (χ3n) is 5.10. The third kappa shape index (κ3) is 9.15. The van der Waals surface area contributed by atoms with E-state index >= 15 is 0 Å². The molecule has 178 valence electrons. The van der Waals surface area contributed by atoms with Crippen LogP contribution in [0.25, 0.3) is 0 Å². The fourth-order valence-electron chi connectivity index (χ4n) is 3.57. The predicted octanol–water partition coefficient (Wildman–Crippen LogP) is 2.29. The van der Waals surface area contributed by atoms with Gasteiger partial charge in [0.25, 0.3) is 0 Å². The quantitative estimate of drug-likeness (QED) is 0.211. The van der Waals surface area contributed by atoms with Crippen molar-refractivity contribution in [3.05, 3.63) is 35.4 Å². The summed E-state index contributed by atoms with van der Waals surface area (Å²) in [4.78, 5) is 8.64. The highest BCUT2D eigenvalue weighted by atomic mass is 127. The second-order valence-corrected chi connectivity index (χ2v) is 9.59. The average molecular weight is 574 g/mol. The standard InChI is InChI=1S/C20H32F2N4O3S.HI/c1-4-19(17-6-5-16(21)15-18(17)22)25-8-10-26(11-9-25)20(23-2)24-7-12-29-13-14-30(3,27)28;/h5-6,15,19H,4,7-14H2,1-3H3,(H,23,24);1H. The first-order valence-corrected chi connectivity index (χ1v) is 12.2. The zero-order valence-corrected chi connectivity index (χ0v) is 21.5. The van der Waals surface area contributed by atoms with E-state index in [0.29, 0.717) is 18.7 Å². The Morgan fingerprint density at radius 2 is 1.90 bits per heavy atom. The minimum atomic E-state index is -3.01. The molecule has 1 unspecified atom stereocenters. The maximum Gasteiger partial charge on any atom is 0.193 e. The third-order valence-corrected chi connectivity index (χ3v) is 6.01. The summed E-state index contributed by atoms with van der Waals surface area (Å²) in [6, 6.07) is 3.69. The van der Waals surface area contributed by atoms with E-state index < -0.39 is 21.5 Å². The van der Waals surface area contributed by atoms with E-state index in [4.69, 9.17) is 4.74 Å². The first-order valence-electron chi connectivity index (χ1n) is 10.1. The smallest absolute Gasteiger partial charge is 0.193 e. The Hall–Kier alpha value is -1.05. The maximum absolute atomic E-state index is 14.2. The van der Waals surface area contributed by atoms with Crippen molar-refractivity contribution in [2.45, 2.75) is 19.4 Å². The Kier molecular flexibility index (Phi) is 12.2. The molecule has 0 bridgehead atoms. The van der Waals surface area contributed by atoms with E-state index in [2.05, 4.69) is 20.1 Å². The molecule has 1 aromatic rings. The molecular weight excluding hydrogens is 541 g/mol. The molecular formula is C20H33F2IN4O3S. The highest BCUT2D eigenvalue weighted by molar-refractivity contribution is 14.0. The fraction of sp³-hybridized carbons (Fsp3) is 0.650. The Bertz CT molecular complexity index is 819. The number of nitrogens with zero attached hydrogens (tertiary/aromatic N) is 3. The molecule has 1 N–H and O–H groups in total. The van der Waals surface area contributed by atoms with Gasteiger partial charge in [-0.05, 0) is 12.5 Å². The minimum Gasteiger partial charge on any atom is -0.379 e. The second kappa shape index (κ2) is 13.5. The van der Waals surface area contributed by atoms with Crippen LogP contribution in [0, 0.1) is 11.6 Å². The highest BCUT2D eigenvalue weighted by Crippen LogP contribution is 2.28. The van der Waals surface area contributed by atoms with E-state index in [9.17, 15) is 17.2 Å². The van der Waals surface area contributed by atoms with Gasteiger partial charge in [-0.25, -0.2) is 17.2 Å². The van der Waals surface area contributed by atoms with Gasteiger partial charge in [-0.1, -0.05) is 13.0 Å². The van der Waals surface area contributed by atoms with Crippen LogP contribution in [0.2, 0.25) is 0 Å². The van der Waals surface area contributed by atoms with E-state index in [0.717, 1.165) is 44.6 Å². The number of hydrogen-bond donors (Lipinski definition) is 1. The van der Waals surface area contributed by atoms with Gasteiger partial charge in [-0.2, -0.15) is 0 Å². The Morgan fingerprint density at radius 1 is 1.23 bits per heavy atom. The molecule has 0 saturated carbocycles. The van der Waals surface area contributed by atoms with Gasteiger partial charge in [-0.15, -0.1) is 24.0 Å². The summed E-state index contributed by atoms with van der Waals surface area (Å²) in [5, 5.41) is 3.22. The van der Waals surface area contributed by atoms with Crippen LogP contribution in [0.5, 0.6) is 0 Å². The number of rotatable bonds is 9. The van der Waals surface area contributed by atoms with Gasteiger partial charge >= 0.3 is 0 Å². The summed E-state index contributed by atoms with van der Waals surface area (Å²) in [6.45, 7) is 6.02. The maximum atomic E-state index is 14.2. The zero-order valence-electron chi connectivity index (χ0n) is 18.3. The van der Waals surface area contributed by atoms with Crippen molar-refractivity contribution in [3.8, 4) is 0 Å². The summed E-state index contributed by atoms with van der Waals surface area (Å²) in [6.07, 6.45) is 1.92. The lowest BCUT2D eigenvalue weighted by molar-refractivity contribution is 0.123. The first-order chi connectivity index (χ1) is 14.2. The summed E-state index contributed by atoms with van der Waals surface area (Å²) in [7, 11) is -1.30. The summed E-state index contributed by atoms with van der Waals surface area (Å²) >= 11 is 0. The van der Waals surface area contributed by atoms with Crippen molar-refractivity contribution in [1.29, 1.82) is 0 Å². The molecule has 31 heavy (non-hydrogen) atoms. The van der Waals surface area contributed by atoms with Gasteiger partial charge < -0.3 is 15.0 Å². The number of halogens is 3. The zero-order chi connectivity index (χ0) is 22.1. The average Bonchev–Trinajstić information content (AvgIpc) is 2.69. The van der Waals surface area contributed by atoms with Crippen LogP contribution in [0.1, 0.15) is 24.9 Å². The second-order valence-electron chi connectivity index (χ2n) is 7.33. The molecule has 1 heterocycles. The summed E-state index contributed by atoms with van der Waals surface area (Å²) in [5.41, 5.74) is 0.529. The number of aliphatic imine (C=N–C) groups is 1. The monoisotopic (exact) mass is 574 g/mol. The number of guanidine groups is 1. The molecule has 1 saturated heterocycles. The highest BCUT2D eigenvalue weighted by Gasteiger charge is 2.27. The van der Waals surface area contributed by atoms with Gasteiger partial charge in [0.05, 0.1) is 19.0 Å². The van der Waals surface area contributed by atoms with Crippen LogP contribution >= 0.6 is 24.0 Å². The van der Waals surface area contributed by atoms with Crippen molar-refractivity contribution >= 4 is 39.8 Å². The summed E-state index contributed by atoms with van der Waals surface area (Å²) in [5.74, 6) is -0.303. The van der Waals surface area contributed by atoms with Crippen LogP contribution in [0.3, 0.4) is 0 Å². The molecule has 0 radical (unpaired) electrons. The number of hydrogen-bond acceptors (Lipinski definition) is 5. The van der Waals surface area contributed by atoms with Crippen molar-refractivity contribution in [1.82, 2.24) is 15.1 Å². The van der Waals surface area contributed by atoms with Crippen LogP contribution in [-0.4, -0.2) is 89.2 Å². The van der Waals surface area contributed by atoms with Crippen LogP contribution in [-0.2, 0) is 14.6 Å². The molecule has 1 fully saturated rings. The SMILES string of the molecule is CCC(c1ccc(F)cc1F)N1CCN(C(=NC)NCCOCCS(C)(=O)=O)CC1.I. The van der Waals surface area contributed by atoms with E-state index in [1.54, 1.807) is 7.05 Å². The number of piperazine rings is 1. The van der Waals surface area contributed by atoms with E-state index in [1.807, 2.05) is 6.92 Å². The number of benzene rings is 1. The van der Waals surface area contributed by atoms with Crippen molar-refractivity contribution < 1.29 is 21.9 Å². The van der Waals surface area contributed by atoms with Gasteiger partial charge in [0.1, 0.15) is 21.5 Å². The predicted molar refractivity (Wildman–Crippen MR) is 130 cm³/mol. The Balaban J connectivity index is 0.00000480. The van der Waals surface area contributed by atoms with E-state index in [-0.39, 0.29) is 42.4 Å². The largest absolute Gasteiger partial charge is 0.379 e. The number of ether oxygens (including phenoxy) is 1. The van der Waals surface area contributed by atoms with Gasteiger partial charge in [-0.3, -0.25) is 9.89 Å². The number of sulfone groups is 1. The molecule has 2 rings (SSSR count). The molecule has 0 aliphatic carbocycles. The van der Waals surface area contributed by atoms with Crippen LogP contribution < -0.4 is 5.32 Å². The van der Waals surface area contributed by atoms with E-state index in [1.165, 1.54) is 18.4 Å². The molecule has 0 amide bonds. The van der Waals surface area contributed by atoms with Gasteiger partial charge in [0.15, 0.2) is 5.96 Å². The molecule has 7 nitrogen and oxygen atoms in total. The molecule has 1 atom stereocenters. The van der Waals surface area contributed by atoms with Crippen molar-refractivity contribution in [2.24, 2.45) is 4.99 Å². The van der Waals surface area contributed by atoms with Crippen molar-refractivity contribution in [2.75, 3.05) is 65.0 Å². The lowest BCUT2D eigenvalue weighted by atomic mass is 10.0. The Morgan fingerprint density at radius 3 is 2.45 bits per heavy atom.